The van der Waals surface area contributed by atoms with Gasteiger partial charge in [-0.1, -0.05) is 0 Å². The van der Waals surface area contributed by atoms with Crippen molar-refractivity contribution in [1.29, 1.82) is 0 Å². The lowest BCUT2D eigenvalue weighted by Crippen LogP contribution is -2.33. The highest BCUT2D eigenvalue weighted by Crippen LogP contribution is 2.02. The number of hydrogen-bond acceptors (Lipinski definition) is 5. The summed E-state index contributed by atoms with van der Waals surface area (Å²) in [7, 11) is -3.52. The largest absolute Gasteiger partial charge is 0.273 e. The summed E-state index contributed by atoms with van der Waals surface area (Å²) >= 11 is 0. The van der Waals surface area contributed by atoms with E-state index >= 15 is 0 Å². The second-order valence-corrected chi connectivity index (χ2v) is 4.33. The van der Waals surface area contributed by atoms with Gasteiger partial charge in [0, 0.05) is 12.2 Å². The molecule has 0 fully saturated rings. The van der Waals surface area contributed by atoms with E-state index in [-0.39, 0.29) is 13.2 Å². The van der Waals surface area contributed by atoms with Gasteiger partial charge >= 0.3 is 0 Å². The molecule has 0 atom stereocenters. The number of nitrogens with zero attached hydrogens (tertiary/aromatic N) is 1. The van der Waals surface area contributed by atoms with Crippen molar-refractivity contribution >= 4 is 21.9 Å². The predicted octanol–water partition coefficient (Wildman–Crippen LogP) is -1.11. The zero-order chi connectivity index (χ0) is 10.8. The van der Waals surface area contributed by atoms with Gasteiger partial charge in [-0.2, -0.15) is 8.42 Å². The molecule has 0 N–H and O–H groups in total. The Morgan fingerprint density at radius 3 is 2.21 bits per heavy atom. The van der Waals surface area contributed by atoms with Gasteiger partial charge in [0.05, 0.1) is 19.4 Å². The Kier molecular flexibility index (Phi) is 3.02. The number of rotatable bonds is 4. The van der Waals surface area contributed by atoms with Gasteiger partial charge in [-0.05, 0) is 0 Å². The normalized spacial score (nSPS) is 16.8. The highest BCUT2D eigenvalue weighted by molar-refractivity contribution is 7.85. The fraction of sp³-hybridized carbons (Fsp3) is 0.429. The van der Waals surface area contributed by atoms with Gasteiger partial charge in [-0.15, -0.1) is 0 Å². The SMILES string of the molecule is CS(=O)(=O)OCCN1C(=O)C=CC1=O. The summed E-state index contributed by atoms with van der Waals surface area (Å²) in [5.41, 5.74) is 0. The highest BCUT2D eigenvalue weighted by Gasteiger charge is 2.22. The molecule has 1 aliphatic heterocycles. The molecule has 0 aromatic rings. The van der Waals surface area contributed by atoms with Crippen LogP contribution in [0, 0.1) is 0 Å². The molecule has 0 bridgehead atoms. The average molecular weight is 219 g/mol. The molecule has 0 aromatic heterocycles. The average Bonchev–Trinajstić information content (AvgIpc) is 2.33. The number of imide groups is 1. The van der Waals surface area contributed by atoms with E-state index in [0.717, 1.165) is 23.3 Å². The first kappa shape index (κ1) is 10.9. The second kappa shape index (κ2) is 3.89. The van der Waals surface area contributed by atoms with Crippen molar-refractivity contribution in [3.8, 4) is 0 Å². The van der Waals surface area contributed by atoms with Crippen LogP contribution in [0.2, 0.25) is 0 Å². The molecule has 0 saturated carbocycles. The van der Waals surface area contributed by atoms with Crippen LogP contribution in [-0.4, -0.2) is 44.5 Å². The number of hydrogen-bond donors (Lipinski definition) is 0. The quantitative estimate of drug-likeness (QED) is 0.442. The molecule has 78 valence electrons. The fourth-order valence-electron chi connectivity index (χ4n) is 0.931. The summed E-state index contributed by atoms with van der Waals surface area (Å²) in [5.74, 6) is -0.904. The lowest BCUT2D eigenvalue weighted by Gasteiger charge is -2.12. The van der Waals surface area contributed by atoms with Gasteiger partial charge in [0.25, 0.3) is 21.9 Å². The number of amides is 2. The van der Waals surface area contributed by atoms with E-state index in [1.165, 1.54) is 0 Å². The van der Waals surface area contributed by atoms with Crippen molar-refractivity contribution < 1.29 is 22.2 Å². The lowest BCUT2D eigenvalue weighted by molar-refractivity contribution is -0.137. The van der Waals surface area contributed by atoms with Crippen LogP contribution in [0.25, 0.3) is 0 Å². The van der Waals surface area contributed by atoms with E-state index in [1.54, 1.807) is 0 Å². The molecule has 0 spiro atoms. The molecule has 2 amide bonds. The van der Waals surface area contributed by atoms with Crippen LogP contribution in [0.4, 0.5) is 0 Å². The molecule has 0 saturated heterocycles. The van der Waals surface area contributed by atoms with E-state index in [9.17, 15) is 18.0 Å². The molecule has 14 heavy (non-hydrogen) atoms. The minimum atomic E-state index is -3.52. The summed E-state index contributed by atoms with van der Waals surface area (Å²) in [5, 5.41) is 0. The molecule has 0 aromatic carbocycles. The Bertz CT molecular complexity index is 365. The van der Waals surface area contributed by atoms with Gasteiger partial charge in [0.2, 0.25) is 0 Å². The van der Waals surface area contributed by atoms with E-state index in [0.29, 0.717) is 0 Å². The zero-order valence-corrected chi connectivity index (χ0v) is 8.28. The highest BCUT2D eigenvalue weighted by atomic mass is 32.2. The molecule has 0 unspecified atom stereocenters. The summed E-state index contributed by atoms with van der Waals surface area (Å²) in [6, 6.07) is 0. The number of carbonyl (C=O) groups is 2. The molecule has 1 heterocycles. The fourth-order valence-corrected chi connectivity index (χ4v) is 1.31. The van der Waals surface area contributed by atoms with E-state index < -0.39 is 21.9 Å². The summed E-state index contributed by atoms with van der Waals surface area (Å²) < 4.78 is 25.5. The summed E-state index contributed by atoms with van der Waals surface area (Å²) in [4.78, 5) is 22.8. The molecule has 0 radical (unpaired) electrons. The Morgan fingerprint density at radius 1 is 1.29 bits per heavy atom. The third kappa shape index (κ3) is 2.93. The molecule has 7 heteroatoms. The standard InChI is InChI=1S/C7H9NO5S/c1-14(11,12)13-5-4-8-6(9)2-3-7(8)10/h2-3H,4-5H2,1H3. The zero-order valence-electron chi connectivity index (χ0n) is 7.47. The van der Waals surface area contributed by atoms with Gasteiger partial charge < -0.3 is 0 Å². The van der Waals surface area contributed by atoms with Crippen LogP contribution in [0.5, 0.6) is 0 Å². The Hall–Kier alpha value is -1.21. The van der Waals surface area contributed by atoms with Gasteiger partial charge in [0.1, 0.15) is 0 Å². The molecule has 1 aliphatic rings. The Morgan fingerprint density at radius 2 is 1.79 bits per heavy atom. The van der Waals surface area contributed by atoms with Gasteiger partial charge in [-0.25, -0.2) is 0 Å². The van der Waals surface area contributed by atoms with Crippen LogP contribution in [-0.2, 0) is 23.9 Å². The second-order valence-electron chi connectivity index (χ2n) is 2.69. The van der Waals surface area contributed by atoms with E-state index in [1.807, 2.05) is 0 Å². The van der Waals surface area contributed by atoms with Crippen molar-refractivity contribution in [2.45, 2.75) is 0 Å². The van der Waals surface area contributed by atoms with Crippen molar-refractivity contribution in [1.82, 2.24) is 4.90 Å². The molecular formula is C7H9NO5S. The minimum absolute atomic E-state index is 0.0578. The van der Waals surface area contributed by atoms with Crippen molar-refractivity contribution in [2.75, 3.05) is 19.4 Å². The molecule has 1 rings (SSSR count). The van der Waals surface area contributed by atoms with E-state index in [4.69, 9.17) is 0 Å². The lowest BCUT2D eigenvalue weighted by atomic mass is 10.5. The third-order valence-corrected chi connectivity index (χ3v) is 2.11. The smallest absolute Gasteiger partial charge is 0.264 e. The Labute approximate surface area is 81.3 Å². The maximum Gasteiger partial charge on any atom is 0.264 e. The van der Waals surface area contributed by atoms with E-state index in [2.05, 4.69) is 4.18 Å². The molecule has 6 nitrogen and oxygen atoms in total. The summed E-state index contributed by atoms with van der Waals surface area (Å²) in [6.07, 6.45) is 3.16. The topological polar surface area (TPSA) is 80.8 Å². The van der Waals surface area contributed by atoms with Crippen LogP contribution < -0.4 is 0 Å². The molecule has 0 aliphatic carbocycles. The van der Waals surface area contributed by atoms with Crippen LogP contribution in [0.1, 0.15) is 0 Å². The minimum Gasteiger partial charge on any atom is -0.273 e. The van der Waals surface area contributed by atoms with Crippen molar-refractivity contribution in [2.24, 2.45) is 0 Å². The first-order chi connectivity index (χ1) is 6.40. The third-order valence-electron chi connectivity index (χ3n) is 1.51. The van der Waals surface area contributed by atoms with Crippen LogP contribution in [0.3, 0.4) is 0 Å². The monoisotopic (exact) mass is 219 g/mol. The van der Waals surface area contributed by atoms with Gasteiger partial charge in [0.15, 0.2) is 0 Å². The van der Waals surface area contributed by atoms with Crippen molar-refractivity contribution in [3.63, 3.8) is 0 Å². The summed E-state index contributed by atoms with van der Waals surface area (Å²) in [6.45, 7) is -0.268. The van der Waals surface area contributed by atoms with Crippen molar-refractivity contribution in [3.05, 3.63) is 12.2 Å². The maximum absolute atomic E-state index is 11.0. The predicted molar refractivity (Wildman–Crippen MR) is 46.7 cm³/mol. The first-order valence-corrected chi connectivity index (χ1v) is 5.60. The maximum atomic E-state index is 11.0. The number of carbonyl (C=O) groups excluding carboxylic acids is 2. The molecular weight excluding hydrogens is 210 g/mol. The Balaban J connectivity index is 2.40. The van der Waals surface area contributed by atoms with Gasteiger partial charge in [-0.3, -0.25) is 18.7 Å². The first-order valence-electron chi connectivity index (χ1n) is 3.78. The van der Waals surface area contributed by atoms with Crippen LogP contribution >= 0.6 is 0 Å². The van der Waals surface area contributed by atoms with Crippen LogP contribution in [0.15, 0.2) is 12.2 Å².